The van der Waals surface area contributed by atoms with Gasteiger partial charge in [-0.05, 0) is 43.0 Å². The Morgan fingerprint density at radius 1 is 1.37 bits per heavy atom. The first-order chi connectivity index (χ1) is 13.1. The number of hydrogen-bond donors (Lipinski definition) is 2. The maximum atomic E-state index is 13.1. The summed E-state index contributed by atoms with van der Waals surface area (Å²) < 4.78 is 13.1. The van der Waals surface area contributed by atoms with Crippen molar-refractivity contribution in [1.82, 2.24) is 9.97 Å². The average molecular weight is 404 g/mol. The van der Waals surface area contributed by atoms with Gasteiger partial charge in [-0.2, -0.15) is 11.8 Å². The highest BCUT2D eigenvalue weighted by Gasteiger charge is 2.21. The van der Waals surface area contributed by atoms with Crippen LogP contribution in [0.1, 0.15) is 29.1 Å². The zero-order valence-corrected chi connectivity index (χ0v) is 16.1. The quantitative estimate of drug-likeness (QED) is 0.613. The minimum Gasteiger partial charge on any atom is -0.326 e. The van der Waals surface area contributed by atoms with Crippen molar-refractivity contribution in [3.05, 3.63) is 56.7 Å². The maximum absolute atomic E-state index is 13.1. The number of aromatic amines is 1. The van der Waals surface area contributed by atoms with Crippen LogP contribution >= 0.6 is 23.1 Å². The third kappa shape index (κ3) is 4.06. The van der Waals surface area contributed by atoms with Crippen LogP contribution in [0.3, 0.4) is 0 Å². The maximum Gasteiger partial charge on any atom is 0.259 e. The Hall–Kier alpha value is -2.19. The number of amides is 1. The van der Waals surface area contributed by atoms with E-state index < -0.39 is 0 Å². The lowest BCUT2D eigenvalue weighted by atomic mass is 10.2. The summed E-state index contributed by atoms with van der Waals surface area (Å²) in [6.07, 6.45) is 3.43. The first kappa shape index (κ1) is 18.2. The summed E-state index contributed by atoms with van der Waals surface area (Å²) in [5, 5.41) is 3.43. The molecule has 1 aliphatic carbocycles. The molecule has 0 aliphatic heterocycles. The molecule has 1 aromatic carbocycles. The van der Waals surface area contributed by atoms with Crippen LogP contribution in [0.4, 0.5) is 10.1 Å². The lowest BCUT2D eigenvalue weighted by Gasteiger charge is -2.05. The molecule has 0 saturated carbocycles. The van der Waals surface area contributed by atoms with Crippen molar-refractivity contribution in [3.8, 4) is 0 Å². The Balaban J connectivity index is 1.31. The highest BCUT2D eigenvalue weighted by atomic mass is 32.2. The summed E-state index contributed by atoms with van der Waals surface area (Å²) in [5.74, 6) is 1.22. The molecule has 3 aromatic rings. The molecule has 27 heavy (non-hydrogen) atoms. The Bertz CT molecular complexity index is 1060. The van der Waals surface area contributed by atoms with Crippen molar-refractivity contribution in [2.24, 2.45) is 0 Å². The van der Waals surface area contributed by atoms with Gasteiger partial charge in [0.15, 0.2) is 0 Å². The van der Waals surface area contributed by atoms with E-state index in [1.54, 1.807) is 23.5 Å². The van der Waals surface area contributed by atoms with Crippen LogP contribution in [0, 0.1) is 5.82 Å². The van der Waals surface area contributed by atoms with Gasteiger partial charge in [0.1, 0.15) is 16.5 Å². The van der Waals surface area contributed by atoms with E-state index in [4.69, 9.17) is 0 Å². The molecule has 2 aromatic heterocycles. The second-order valence-corrected chi connectivity index (χ2v) is 8.60. The van der Waals surface area contributed by atoms with Crippen LogP contribution in [-0.2, 0) is 23.4 Å². The molecule has 2 heterocycles. The fourth-order valence-corrected chi connectivity index (χ4v) is 5.32. The third-order valence-corrected chi connectivity index (χ3v) is 6.60. The van der Waals surface area contributed by atoms with Gasteiger partial charge in [0.05, 0.1) is 11.1 Å². The summed E-state index contributed by atoms with van der Waals surface area (Å²) in [4.78, 5) is 33.9. The van der Waals surface area contributed by atoms with Crippen molar-refractivity contribution in [3.63, 3.8) is 0 Å². The van der Waals surface area contributed by atoms with Crippen molar-refractivity contribution in [1.29, 1.82) is 0 Å². The first-order valence-electron chi connectivity index (χ1n) is 8.77. The van der Waals surface area contributed by atoms with Crippen molar-refractivity contribution in [2.45, 2.75) is 31.4 Å². The van der Waals surface area contributed by atoms with Gasteiger partial charge in [-0.3, -0.25) is 9.59 Å². The zero-order valence-electron chi connectivity index (χ0n) is 14.5. The van der Waals surface area contributed by atoms with Gasteiger partial charge in [-0.25, -0.2) is 9.37 Å². The number of nitrogens with one attached hydrogen (secondary N) is 2. The van der Waals surface area contributed by atoms with E-state index in [-0.39, 0.29) is 17.3 Å². The molecule has 1 amide bonds. The molecule has 0 fully saturated rings. The highest BCUT2D eigenvalue weighted by molar-refractivity contribution is 7.98. The number of nitrogens with zero attached hydrogens (tertiary/aromatic N) is 1. The number of carbonyl (C=O) groups excluding carboxylic acids is 1. The summed E-state index contributed by atoms with van der Waals surface area (Å²) in [5.41, 5.74) is 1.57. The van der Waals surface area contributed by atoms with Crippen LogP contribution in [0.2, 0.25) is 0 Å². The van der Waals surface area contributed by atoms with Gasteiger partial charge in [-0.15, -0.1) is 11.3 Å². The summed E-state index contributed by atoms with van der Waals surface area (Å²) in [7, 11) is 0. The molecule has 0 radical (unpaired) electrons. The number of aryl methyl sites for hydroxylation is 2. The predicted octanol–water partition coefficient (Wildman–Crippen LogP) is 3.87. The number of fused-ring (bicyclic) bond motifs is 3. The predicted molar refractivity (Wildman–Crippen MR) is 108 cm³/mol. The van der Waals surface area contributed by atoms with Crippen LogP contribution in [0.5, 0.6) is 0 Å². The molecule has 0 saturated heterocycles. The molecule has 0 bridgehead atoms. The average Bonchev–Trinajstić information content (AvgIpc) is 3.19. The van der Waals surface area contributed by atoms with Crippen molar-refractivity contribution >= 4 is 44.9 Å². The second kappa shape index (κ2) is 7.82. The Labute approximate surface area is 163 Å². The molecule has 0 spiro atoms. The number of anilines is 1. The van der Waals surface area contributed by atoms with E-state index in [1.807, 2.05) is 0 Å². The third-order valence-electron chi connectivity index (χ3n) is 4.44. The molecule has 5 nitrogen and oxygen atoms in total. The summed E-state index contributed by atoms with van der Waals surface area (Å²) in [6.45, 7) is 0. The standard InChI is InChI=1S/C19H18FN3O2S2/c20-11-3-1-4-12(9-11)21-16(24)7-8-26-10-15-22-18(25)17-13-5-2-6-14(13)27-19(17)23-15/h1,3-4,9H,2,5-8,10H2,(H,21,24)(H,22,23,25). The van der Waals surface area contributed by atoms with E-state index in [1.165, 1.54) is 34.3 Å². The molecule has 0 unspecified atom stereocenters. The largest absolute Gasteiger partial charge is 0.326 e. The molecule has 140 valence electrons. The number of aromatic nitrogens is 2. The lowest BCUT2D eigenvalue weighted by molar-refractivity contribution is -0.115. The number of thiophene rings is 1. The van der Waals surface area contributed by atoms with E-state index in [9.17, 15) is 14.0 Å². The molecule has 4 rings (SSSR count). The number of thioether (sulfide) groups is 1. The topological polar surface area (TPSA) is 74.8 Å². The van der Waals surface area contributed by atoms with Crippen LogP contribution in [0.15, 0.2) is 29.1 Å². The minimum atomic E-state index is -0.382. The monoisotopic (exact) mass is 403 g/mol. The van der Waals surface area contributed by atoms with Gasteiger partial charge in [-0.1, -0.05) is 6.07 Å². The van der Waals surface area contributed by atoms with E-state index in [0.717, 1.165) is 29.5 Å². The minimum absolute atomic E-state index is 0.0566. The molecule has 1 aliphatic rings. The smallest absolute Gasteiger partial charge is 0.259 e. The Kier molecular flexibility index (Phi) is 5.27. The summed E-state index contributed by atoms with van der Waals surface area (Å²) >= 11 is 3.16. The van der Waals surface area contributed by atoms with E-state index >= 15 is 0 Å². The fourth-order valence-electron chi connectivity index (χ4n) is 3.24. The summed E-state index contributed by atoms with van der Waals surface area (Å²) in [6, 6.07) is 5.82. The van der Waals surface area contributed by atoms with Crippen LogP contribution < -0.4 is 10.9 Å². The van der Waals surface area contributed by atoms with Gasteiger partial charge < -0.3 is 10.3 Å². The van der Waals surface area contributed by atoms with Gasteiger partial charge in [0, 0.05) is 22.7 Å². The number of hydrogen-bond acceptors (Lipinski definition) is 5. The molecule has 2 N–H and O–H groups in total. The molecular formula is C19H18FN3O2S2. The Morgan fingerprint density at radius 2 is 2.26 bits per heavy atom. The fraction of sp³-hybridized carbons (Fsp3) is 0.316. The van der Waals surface area contributed by atoms with Gasteiger partial charge >= 0.3 is 0 Å². The van der Waals surface area contributed by atoms with Gasteiger partial charge in [0.25, 0.3) is 5.56 Å². The number of rotatable bonds is 6. The molecular weight excluding hydrogens is 385 g/mol. The SMILES string of the molecule is O=C(CCSCc1nc2sc3c(c2c(=O)[nH]1)CCC3)Nc1cccc(F)c1. The van der Waals surface area contributed by atoms with Gasteiger partial charge in [0.2, 0.25) is 5.91 Å². The van der Waals surface area contributed by atoms with Crippen LogP contribution in [-0.4, -0.2) is 21.6 Å². The number of H-pyrrole nitrogens is 1. The first-order valence-corrected chi connectivity index (χ1v) is 10.7. The molecule has 0 atom stereocenters. The normalized spacial score (nSPS) is 13.1. The molecule has 8 heteroatoms. The van der Waals surface area contributed by atoms with E-state index in [0.29, 0.717) is 29.4 Å². The zero-order chi connectivity index (χ0) is 18.8. The Morgan fingerprint density at radius 3 is 3.11 bits per heavy atom. The number of halogens is 1. The highest BCUT2D eigenvalue weighted by Crippen LogP contribution is 2.34. The number of benzene rings is 1. The number of carbonyl (C=O) groups is 1. The van der Waals surface area contributed by atoms with Crippen LogP contribution in [0.25, 0.3) is 10.2 Å². The van der Waals surface area contributed by atoms with E-state index in [2.05, 4.69) is 15.3 Å². The second-order valence-electron chi connectivity index (χ2n) is 6.41. The van der Waals surface area contributed by atoms with Crippen molar-refractivity contribution < 1.29 is 9.18 Å². The van der Waals surface area contributed by atoms with Crippen molar-refractivity contribution in [2.75, 3.05) is 11.1 Å². The lowest BCUT2D eigenvalue weighted by Crippen LogP contribution is -2.13.